The van der Waals surface area contributed by atoms with Crippen LogP contribution in [0.25, 0.3) is 0 Å². The number of carbonyl (C=O) groups is 1. The predicted octanol–water partition coefficient (Wildman–Crippen LogP) is 5.56. The second kappa shape index (κ2) is 7.06. The van der Waals surface area contributed by atoms with Crippen LogP contribution in [-0.2, 0) is 16.6 Å². The monoisotopic (exact) mass is 375 g/mol. The van der Waals surface area contributed by atoms with Gasteiger partial charge in [-0.1, -0.05) is 109 Å². The standard InChI is InChI=1S/C27H21NO/c29-25-19-20-11-10-18-24(26(20)28-25)27(21-12-4-1-5-13-21,22-14-6-2-7-15-22)23-16-8-3-9-17-23/h1-18H,19H2,(H,28,29). The fourth-order valence-electron chi connectivity index (χ4n) is 4.60. The molecule has 0 aliphatic carbocycles. The number of carbonyl (C=O) groups excluding carboxylic acids is 1. The zero-order valence-corrected chi connectivity index (χ0v) is 16.0. The summed E-state index contributed by atoms with van der Waals surface area (Å²) in [6, 6.07) is 37.9. The summed E-state index contributed by atoms with van der Waals surface area (Å²) in [4.78, 5) is 12.3. The molecule has 0 spiro atoms. The van der Waals surface area contributed by atoms with Gasteiger partial charge in [-0.25, -0.2) is 0 Å². The lowest BCUT2D eigenvalue weighted by molar-refractivity contribution is -0.115. The molecule has 1 amide bonds. The number of hydrogen-bond donors (Lipinski definition) is 1. The van der Waals surface area contributed by atoms with Crippen LogP contribution in [0.2, 0.25) is 0 Å². The largest absolute Gasteiger partial charge is 0.325 e. The van der Waals surface area contributed by atoms with Gasteiger partial charge in [0.1, 0.15) is 0 Å². The third-order valence-corrected chi connectivity index (χ3v) is 5.79. The van der Waals surface area contributed by atoms with E-state index in [1.165, 1.54) is 16.7 Å². The topological polar surface area (TPSA) is 29.1 Å². The van der Waals surface area contributed by atoms with Crippen LogP contribution in [-0.4, -0.2) is 5.91 Å². The van der Waals surface area contributed by atoms with Gasteiger partial charge in [-0.2, -0.15) is 0 Å². The predicted molar refractivity (Wildman–Crippen MR) is 117 cm³/mol. The number of nitrogens with one attached hydrogen (secondary N) is 1. The molecule has 1 aliphatic heterocycles. The van der Waals surface area contributed by atoms with Crippen molar-refractivity contribution in [2.45, 2.75) is 11.8 Å². The van der Waals surface area contributed by atoms with Crippen molar-refractivity contribution < 1.29 is 4.79 Å². The normalized spacial score (nSPS) is 13.0. The minimum atomic E-state index is -0.535. The van der Waals surface area contributed by atoms with E-state index in [-0.39, 0.29) is 5.91 Å². The Morgan fingerprint density at radius 2 is 1.07 bits per heavy atom. The molecule has 5 rings (SSSR count). The maximum Gasteiger partial charge on any atom is 0.228 e. The molecule has 2 heteroatoms. The van der Waals surface area contributed by atoms with Crippen LogP contribution in [0.1, 0.15) is 27.8 Å². The SMILES string of the molecule is O=C1Cc2cccc(C(c3ccccc3)(c3ccccc3)c3ccccc3)c2N1. The summed E-state index contributed by atoms with van der Waals surface area (Å²) in [6.45, 7) is 0. The zero-order valence-electron chi connectivity index (χ0n) is 16.0. The van der Waals surface area contributed by atoms with E-state index in [0.717, 1.165) is 16.8 Å². The van der Waals surface area contributed by atoms with E-state index in [1.807, 2.05) is 24.3 Å². The third-order valence-electron chi connectivity index (χ3n) is 5.79. The fraction of sp³-hybridized carbons (Fsp3) is 0.0741. The van der Waals surface area contributed by atoms with Crippen LogP contribution in [0, 0.1) is 0 Å². The molecule has 0 unspecified atom stereocenters. The Balaban J connectivity index is 1.93. The Bertz CT molecular complexity index is 1050. The quantitative estimate of drug-likeness (QED) is 0.465. The van der Waals surface area contributed by atoms with Gasteiger partial charge in [-0.3, -0.25) is 4.79 Å². The molecule has 1 heterocycles. The molecule has 29 heavy (non-hydrogen) atoms. The van der Waals surface area contributed by atoms with Gasteiger partial charge < -0.3 is 5.32 Å². The maximum absolute atomic E-state index is 12.3. The minimum absolute atomic E-state index is 0.0514. The Morgan fingerprint density at radius 3 is 1.55 bits per heavy atom. The Morgan fingerprint density at radius 1 is 0.586 bits per heavy atom. The summed E-state index contributed by atoms with van der Waals surface area (Å²) in [5, 5.41) is 3.14. The van der Waals surface area contributed by atoms with Crippen LogP contribution in [0.3, 0.4) is 0 Å². The number of hydrogen-bond acceptors (Lipinski definition) is 1. The summed E-state index contributed by atoms with van der Waals surface area (Å²) < 4.78 is 0. The number of benzene rings is 4. The van der Waals surface area contributed by atoms with Gasteiger partial charge in [0.2, 0.25) is 5.91 Å². The molecule has 1 aliphatic rings. The Hall–Kier alpha value is -3.65. The van der Waals surface area contributed by atoms with Crippen molar-refractivity contribution >= 4 is 11.6 Å². The molecule has 140 valence electrons. The van der Waals surface area contributed by atoms with Crippen LogP contribution < -0.4 is 5.32 Å². The van der Waals surface area contributed by atoms with E-state index in [2.05, 4.69) is 90.2 Å². The summed E-state index contributed by atoms with van der Waals surface area (Å²) in [5.74, 6) is 0.0514. The number of anilines is 1. The van der Waals surface area contributed by atoms with Gasteiger partial charge in [-0.15, -0.1) is 0 Å². The van der Waals surface area contributed by atoms with Crippen LogP contribution in [0.15, 0.2) is 109 Å². The number of para-hydroxylation sites is 1. The van der Waals surface area contributed by atoms with E-state index < -0.39 is 5.41 Å². The molecule has 0 fully saturated rings. The molecule has 4 aromatic rings. The van der Waals surface area contributed by atoms with Gasteiger partial charge in [0.05, 0.1) is 11.8 Å². The first kappa shape index (κ1) is 17.4. The molecule has 4 aromatic carbocycles. The van der Waals surface area contributed by atoms with Crippen molar-refractivity contribution in [3.8, 4) is 0 Å². The lowest BCUT2D eigenvalue weighted by atomic mass is 9.64. The van der Waals surface area contributed by atoms with Gasteiger partial charge in [0.25, 0.3) is 0 Å². The lowest BCUT2D eigenvalue weighted by Crippen LogP contribution is -2.32. The van der Waals surface area contributed by atoms with Crippen molar-refractivity contribution in [3.05, 3.63) is 137 Å². The first-order valence-electron chi connectivity index (χ1n) is 9.89. The first-order valence-corrected chi connectivity index (χ1v) is 9.89. The molecular weight excluding hydrogens is 354 g/mol. The fourth-order valence-corrected chi connectivity index (χ4v) is 4.60. The molecule has 1 N–H and O–H groups in total. The molecule has 0 radical (unpaired) electrons. The molecule has 0 bridgehead atoms. The summed E-state index contributed by atoms with van der Waals surface area (Å²) in [7, 11) is 0. The highest BCUT2D eigenvalue weighted by atomic mass is 16.1. The molecule has 0 aromatic heterocycles. The van der Waals surface area contributed by atoms with E-state index in [0.29, 0.717) is 6.42 Å². The minimum Gasteiger partial charge on any atom is -0.325 e. The zero-order chi connectivity index (χ0) is 19.7. The maximum atomic E-state index is 12.3. The number of rotatable bonds is 4. The summed E-state index contributed by atoms with van der Waals surface area (Å²) in [5.41, 5.74) is 6.08. The highest BCUT2D eigenvalue weighted by molar-refractivity contribution is 6.00. The van der Waals surface area contributed by atoms with Gasteiger partial charge in [0, 0.05) is 5.69 Å². The summed E-state index contributed by atoms with van der Waals surface area (Å²) in [6.07, 6.45) is 0.428. The first-order chi connectivity index (χ1) is 14.3. The van der Waals surface area contributed by atoms with E-state index in [4.69, 9.17) is 0 Å². The van der Waals surface area contributed by atoms with E-state index >= 15 is 0 Å². The second-order valence-electron chi connectivity index (χ2n) is 7.41. The van der Waals surface area contributed by atoms with Gasteiger partial charge in [0.15, 0.2) is 0 Å². The van der Waals surface area contributed by atoms with Gasteiger partial charge in [-0.05, 0) is 27.8 Å². The van der Waals surface area contributed by atoms with Crippen LogP contribution >= 0.6 is 0 Å². The average molecular weight is 375 g/mol. The molecule has 0 saturated carbocycles. The van der Waals surface area contributed by atoms with Crippen LogP contribution in [0.4, 0.5) is 5.69 Å². The smallest absolute Gasteiger partial charge is 0.228 e. The average Bonchev–Trinajstić information content (AvgIpc) is 3.17. The van der Waals surface area contributed by atoms with Crippen molar-refractivity contribution in [3.63, 3.8) is 0 Å². The number of amides is 1. The lowest BCUT2D eigenvalue weighted by Gasteiger charge is -2.38. The Kier molecular flexibility index (Phi) is 4.25. The number of fused-ring (bicyclic) bond motifs is 1. The van der Waals surface area contributed by atoms with Gasteiger partial charge >= 0.3 is 0 Å². The second-order valence-corrected chi connectivity index (χ2v) is 7.41. The van der Waals surface area contributed by atoms with Crippen molar-refractivity contribution in [1.29, 1.82) is 0 Å². The third kappa shape index (κ3) is 2.76. The van der Waals surface area contributed by atoms with E-state index in [1.54, 1.807) is 0 Å². The molecular formula is C27H21NO. The van der Waals surface area contributed by atoms with Crippen molar-refractivity contribution in [1.82, 2.24) is 0 Å². The summed E-state index contributed by atoms with van der Waals surface area (Å²) >= 11 is 0. The van der Waals surface area contributed by atoms with E-state index in [9.17, 15) is 4.79 Å². The van der Waals surface area contributed by atoms with Crippen molar-refractivity contribution in [2.75, 3.05) is 5.32 Å². The molecule has 2 nitrogen and oxygen atoms in total. The molecule has 0 saturated heterocycles. The highest BCUT2D eigenvalue weighted by Gasteiger charge is 2.41. The van der Waals surface area contributed by atoms with Crippen molar-refractivity contribution in [2.24, 2.45) is 0 Å². The Labute approximate surface area is 170 Å². The highest BCUT2D eigenvalue weighted by Crippen LogP contribution is 2.49. The van der Waals surface area contributed by atoms with Crippen LogP contribution in [0.5, 0.6) is 0 Å². The molecule has 0 atom stereocenters.